The molecule has 2 N–H and O–H groups in total. The van der Waals surface area contributed by atoms with Crippen LogP contribution < -0.4 is 5.32 Å². The third-order valence-corrected chi connectivity index (χ3v) is 4.50. The first-order valence-corrected chi connectivity index (χ1v) is 8.95. The predicted molar refractivity (Wildman–Crippen MR) is 96.0 cm³/mol. The summed E-state index contributed by atoms with van der Waals surface area (Å²) in [6.07, 6.45) is 1.03. The first-order chi connectivity index (χ1) is 11.7. The zero-order valence-electron chi connectivity index (χ0n) is 13.1. The van der Waals surface area contributed by atoms with Gasteiger partial charge in [0.2, 0.25) is 0 Å². The Hall–Kier alpha value is -1.90. The van der Waals surface area contributed by atoms with E-state index in [0.717, 1.165) is 17.9 Å². The SMILES string of the molecule is CCCSc1nc(Nc2ccc(Cl)cc2)c2nnn(CCO)c2n1. The van der Waals surface area contributed by atoms with E-state index in [4.69, 9.17) is 11.6 Å². The van der Waals surface area contributed by atoms with E-state index in [1.54, 1.807) is 28.6 Å². The zero-order valence-corrected chi connectivity index (χ0v) is 14.7. The smallest absolute Gasteiger partial charge is 0.191 e. The fourth-order valence-corrected chi connectivity index (χ4v) is 2.92. The Balaban J connectivity index is 2.01. The van der Waals surface area contributed by atoms with Gasteiger partial charge in [-0.15, -0.1) is 5.10 Å². The van der Waals surface area contributed by atoms with E-state index in [2.05, 4.69) is 32.5 Å². The van der Waals surface area contributed by atoms with Gasteiger partial charge in [-0.25, -0.2) is 14.6 Å². The number of benzene rings is 1. The third kappa shape index (κ3) is 3.77. The molecule has 0 saturated heterocycles. The Labute approximate surface area is 148 Å². The quantitative estimate of drug-likeness (QED) is 0.491. The zero-order chi connectivity index (χ0) is 16.9. The molecule has 2 aromatic heterocycles. The average molecular weight is 365 g/mol. The third-order valence-electron chi connectivity index (χ3n) is 3.20. The molecule has 0 unspecified atom stereocenters. The lowest BCUT2D eigenvalue weighted by Crippen LogP contribution is -2.06. The minimum atomic E-state index is -0.0279. The van der Waals surface area contributed by atoms with Gasteiger partial charge in [0.05, 0.1) is 13.2 Å². The molecule has 3 rings (SSSR count). The van der Waals surface area contributed by atoms with Crippen molar-refractivity contribution in [2.45, 2.75) is 25.0 Å². The Morgan fingerprint density at radius 2 is 2.04 bits per heavy atom. The molecule has 0 saturated carbocycles. The summed E-state index contributed by atoms with van der Waals surface area (Å²) >= 11 is 7.50. The number of aliphatic hydroxyl groups is 1. The molecular formula is C15H17ClN6OS. The first kappa shape index (κ1) is 16.9. The highest BCUT2D eigenvalue weighted by Gasteiger charge is 2.15. The van der Waals surface area contributed by atoms with Crippen LogP contribution in [0.4, 0.5) is 11.5 Å². The van der Waals surface area contributed by atoms with E-state index in [1.165, 1.54) is 0 Å². The summed E-state index contributed by atoms with van der Waals surface area (Å²) in [6.45, 7) is 2.42. The normalized spacial score (nSPS) is 11.1. The number of aromatic nitrogens is 5. The minimum Gasteiger partial charge on any atom is -0.394 e. The van der Waals surface area contributed by atoms with Gasteiger partial charge in [-0.1, -0.05) is 35.5 Å². The van der Waals surface area contributed by atoms with Crippen LogP contribution in [0.2, 0.25) is 5.02 Å². The van der Waals surface area contributed by atoms with Crippen molar-refractivity contribution >= 4 is 46.0 Å². The molecule has 0 atom stereocenters. The highest BCUT2D eigenvalue weighted by atomic mass is 35.5. The fraction of sp³-hybridized carbons (Fsp3) is 0.333. The van der Waals surface area contributed by atoms with Crippen LogP contribution in [-0.4, -0.2) is 42.4 Å². The molecule has 9 heteroatoms. The number of hydrogen-bond acceptors (Lipinski definition) is 7. The van der Waals surface area contributed by atoms with Crippen molar-refractivity contribution in [3.63, 3.8) is 0 Å². The van der Waals surface area contributed by atoms with E-state index in [9.17, 15) is 5.11 Å². The second-order valence-electron chi connectivity index (χ2n) is 5.04. The van der Waals surface area contributed by atoms with E-state index < -0.39 is 0 Å². The Morgan fingerprint density at radius 1 is 1.25 bits per heavy atom. The summed E-state index contributed by atoms with van der Waals surface area (Å²) in [7, 11) is 0. The number of hydrogen-bond donors (Lipinski definition) is 2. The predicted octanol–water partition coefficient (Wildman–Crippen LogP) is 3.11. The second kappa shape index (κ2) is 7.78. The maximum absolute atomic E-state index is 9.17. The topological polar surface area (TPSA) is 88.8 Å². The molecule has 0 bridgehead atoms. The number of nitrogens with zero attached hydrogens (tertiary/aromatic N) is 5. The lowest BCUT2D eigenvalue weighted by molar-refractivity contribution is 0.270. The maximum Gasteiger partial charge on any atom is 0.191 e. The molecule has 126 valence electrons. The molecule has 0 radical (unpaired) electrons. The number of nitrogens with one attached hydrogen (secondary N) is 1. The summed E-state index contributed by atoms with van der Waals surface area (Å²) < 4.78 is 1.58. The molecule has 7 nitrogen and oxygen atoms in total. The van der Waals surface area contributed by atoms with Crippen LogP contribution in [0, 0.1) is 0 Å². The Morgan fingerprint density at radius 3 is 2.75 bits per heavy atom. The van der Waals surface area contributed by atoms with Crippen LogP contribution in [0.25, 0.3) is 11.2 Å². The lowest BCUT2D eigenvalue weighted by atomic mass is 10.3. The van der Waals surface area contributed by atoms with Crippen molar-refractivity contribution in [1.82, 2.24) is 25.0 Å². The van der Waals surface area contributed by atoms with E-state index in [-0.39, 0.29) is 6.61 Å². The van der Waals surface area contributed by atoms with Crippen LogP contribution in [0.5, 0.6) is 0 Å². The number of anilines is 2. The molecule has 2 heterocycles. The lowest BCUT2D eigenvalue weighted by Gasteiger charge is -2.08. The van der Waals surface area contributed by atoms with Gasteiger partial charge in [0.15, 0.2) is 22.1 Å². The molecule has 0 amide bonds. The Bertz CT molecular complexity index is 823. The average Bonchev–Trinajstić information content (AvgIpc) is 2.99. The number of aliphatic hydroxyl groups excluding tert-OH is 1. The molecule has 24 heavy (non-hydrogen) atoms. The second-order valence-corrected chi connectivity index (χ2v) is 6.54. The number of thioether (sulfide) groups is 1. The van der Waals surface area contributed by atoms with Crippen LogP contribution >= 0.6 is 23.4 Å². The van der Waals surface area contributed by atoms with E-state index in [0.29, 0.717) is 33.7 Å². The minimum absolute atomic E-state index is 0.0279. The van der Waals surface area contributed by atoms with Gasteiger partial charge in [0, 0.05) is 16.5 Å². The molecule has 3 aromatic rings. The van der Waals surface area contributed by atoms with Gasteiger partial charge in [-0.3, -0.25) is 0 Å². The molecule has 0 aliphatic rings. The molecule has 0 aliphatic heterocycles. The molecular weight excluding hydrogens is 348 g/mol. The number of halogens is 1. The van der Waals surface area contributed by atoms with Crippen LogP contribution in [0.3, 0.4) is 0 Å². The maximum atomic E-state index is 9.17. The van der Waals surface area contributed by atoms with Crippen molar-refractivity contribution in [3.05, 3.63) is 29.3 Å². The van der Waals surface area contributed by atoms with Crippen LogP contribution in [0.1, 0.15) is 13.3 Å². The van der Waals surface area contributed by atoms with Gasteiger partial charge >= 0.3 is 0 Å². The summed E-state index contributed by atoms with van der Waals surface area (Å²) in [6, 6.07) is 7.34. The van der Waals surface area contributed by atoms with Gasteiger partial charge in [-0.05, 0) is 30.7 Å². The van der Waals surface area contributed by atoms with Gasteiger partial charge < -0.3 is 10.4 Å². The van der Waals surface area contributed by atoms with E-state index in [1.807, 2.05) is 12.1 Å². The van der Waals surface area contributed by atoms with Gasteiger partial charge in [0.1, 0.15) is 0 Å². The van der Waals surface area contributed by atoms with Crippen molar-refractivity contribution in [2.24, 2.45) is 0 Å². The van der Waals surface area contributed by atoms with E-state index >= 15 is 0 Å². The number of fused-ring (bicyclic) bond motifs is 1. The summed E-state index contributed by atoms with van der Waals surface area (Å²) in [4.78, 5) is 9.08. The summed E-state index contributed by atoms with van der Waals surface area (Å²) in [5, 5.41) is 21.9. The van der Waals surface area contributed by atoms with Crippen molar-refractivity contribution in [2.75, 3.05) is 17.7 Å². The van der Waals surface area contributed by atoms with Crippen LogP contribution in [0.15, 0.2) is 29.4 Å². The fourth-order valence-electron chi connectivity index (χ4n) is 2.10. The monoisotopic (exact) mass is 364 g/mol. The van der Waals surface area contributed by atoms with Gasteiger partial charge in [0.25, 0.3) is 0 Å². The first-order valence-electron chi connectivity index (χ1n) is 7.58. The molecule has 0 spiro atoms. The largest absolute Gasteiger partial charge is 0.394 e. The van der Waals surface area contributed by atoms with Gasteiger partial charge in [-0.2, -0.15) is 0 Å². The van der Waals surface area contributed by atoms with Crippen molar-refractivity contribution in [3.8, 4) is 0 Å². The van der Waals surface area contributed by atoms with Crippen LogP contribution in [-0.2, 0) is 6.54 Å². The number of rotatable bonds is 7. The Kier molecular flexibility index (Phi) is 5.49. The highest BCUT2D eigenvalue weighted by molar-refractivity contribution is 7.99. The highest BCUT2D eigenvalue weighted by Crippen LogP contribution is 2.26. The summed E-state index contributed by atoms with van der Waals surface area (Å²) in [5.41, 5.74) is 2.02. The summed E-state index contributed by atoms with van der Waals surface area (Å²) in [5.74, 6) is 1.51. The standard InChI is InChI=1S/C15H17ClN6OS/c1-2-9-24-15-18-13(17-11-5-3-10(16)4-6-11)12-14(19-15)22(7-8-23)21-20-12/h3-6,23H,2,7-9H2,1H3,(H,17,18,19). The molecule has 1 aromatic carbocycles. The van der Waals surface area contributed by atoms with Crippen molar-refractivity contribution in [1.29, 1.82) is 0 Å². The molecule has 0 fully saturated rings. The van der Waals surface area contributed by atoms with Crippen molar-refractivity contribution < 1.29 is 5.11 Å². The molecule has 0 aliphatic carbocycles.